The quantitative estimate of drug-likeness (QED) is 0.780. The molecule has 0 aliphatic heterocycles. The second-order valence-electron chi connectivity index (χ2n) is 3.70. The lowest BCUT2D eigenvalue weighted by Crippen LogP contribution is -2.30. The Morgan fingerprint density at radius 1 is 1.35 bits per heavy atom. The van der Waals surface area contributed by atoms with Gasteiger partial charge in [-0.15, -0.1) is 0 Å². The summed E-state index contributed by atoms with van der Waals surface area (Å²) in [7, 11) is 5.07. The van der Waals surface area contributed by atoms with Crippen molar-refractivity contribution >= 4 is 17.6 Å². The average molecular weight is 236 g/mol. The lowest BCUT2D eigenvalue weighted by Gasteiger charge is -2.13. The molecule has 17 heavy (non-hydrogen) atoms. The summed E-state index contributed by atoms with van der Waals surface area (Å²) in [6.45, 7) is -0.123. The number of benzene rings is 1. The average Bonchev–Trinajstić information content (AvgIpc) is 2.35. The van der Waals surface area contributed by atoms with E-state index in [1.165, 1.54) is 7.11 Å². The zero-order valence-corrected chi connectivity index (χ0v) is 10.2. The molecule has 0 atom stereocenters. The first-order valence-electron chi connectivity index (χ1n) is 5.17. The molecule has 1 N–H and O–H groups in total. The minimum atomic E-state index is -0.470. The van der Waals surface area contributed by atoms with Gasteiger partial charge in [-0.25, -0.2) is 0 Å². The van der Waals surface area contributed by atoms with Crippen molar-refractivity contribution in [1.82, 2.24) is 5.32 Å². The molecule has 0 radical (unpaired) electrons. The Morgan fingerprint density at radius 3 is 2.65 bits per heavy atom. The van der Waals surface area contributed by atoms with Crippen LogP contribution in [0.2, 0.25) is 0 Å². The fourth-order valence-corrected chi connectivity index (χ4v) is 1.25. The minimum Gasteiger partial charge on any atom is -0.468 e. The molecule has 5 nitrogen and oxygen atoms in total. The van der Waals surface area contributed by atoms with Crippen LogP contribution in [-0.4, -0.2) is 39.6 Å². The summed E-state index contributed by atoms with van der Waals surface area (Å²) >= 11 is 0. The molecule has 0 bridgehead atoms. The van der Waals surface area contributed by atoms with E-state index in [-0.39, 0.29) is 12.5 Å². The number of methoxy groups -OCH3 is 1. The van der Waals surface area contributed by atoms with Crippen LogP contribution in [0.3, 0.4) is 0 Å². The van der Waals surface area contributed by atoms with Crippen LogP contribution >= 0.6 is 0 Å². The molecule has 0 saturated carbocycles. The predicted molar refractivity (Wildman–Crippen MR) is 65.1 cm³/mol. The Labute approximate surface area is 100 Å². The van der Waals surface area contributed by atoms with Crippen LogP contribution in [0.25, 0.3) is 0 Å². The highest BCUT2D eigenvalue weighted by atomic mass is 16.5. The van der Waals surface area contributed by atoms with Gasteiger partial charge in [-0.2, -0.15) is 0 Å². The lowest BCUT2D eigenvalue weighted by atomic mass is 10.2. The van der Waals surface area contributed by atoms with Crippen molar-refractivity contribution in [3.05, 3.63) is 29.8 Å². The van der Waals surface area contributed by atoms with E-state index in [1.807, 2.05) is 25.1 Å². The van der Waals surface area contributed by atoms with E-state index in [0.717, 1.165) is 5.69 Å². The fourth-order valence-electron chi connectivity index (χ4n) is 1.25. The van der Waals surface area contributed by atoms with E-state index in [4.69, 9.17) is 0 Å². The monoisotopic (exact) mass is 236 g/mol. The van der Waals surface area contributed by atoms with Crippen molar-refractivity contribution < 1.29 is 14.3 Å². The summed E-state index contributed by atoms with van der Waals surface area (Å²) in [4.78, 5) is 24.5. The number of amides is 1. The first-order chi connectivity index (χ1) is 8.04. The molecule has 0 fully saturated rings. The van der Waals surface area contributed by atoms with Gasteiger partial charge in [0.25, 0.3) is 5.91 Å². The zero-order valence-electron chi connectivity index (χ0n) is 10.2. The molecule has 1 amide bonds. The van der Waals surface area contributed by atoms with Gasteiger partial charge in [-0.3, -0.25) is 9.59 Å². The molecular formula is C12H16N2O3. The highest BCUT2D eigenvalue weighted by Crippen LogP contribution is 2.13. The van der Waals surface area contributed by atoms with Gasteiger partial charge < -0.3 is 15.0 Å². The number of esters is 1. The second-order valence-corrected chi connectivity index (χ2v) is 3.70. The van der Waals surface area contributed by atoms with E-state index >= 15 is 0 Å². The number of hydrogen-bond acceptors (Lipinski definition) is 4. The molecule has 1 aromatic rings. The van der Waals surface area contributed by atoms with Crippen LogP contribution in [0.1, 0.15) is 10.4 Å². The largest absolute Gasteiger partial charge is 0.468 e. The number of hydrogen-bond donors (Lipinski definition) is 1. The smallest absolute Gasteiger partial charge is 0.325 e. The Balaban J connectivity index is 2.69. The number of rotatable bonds is 4. The summed E-state index contributed by atoms with van der Waals surface area (Å²) < 4.78 is 4.44. The molecule has 92 valence electrons. The number of ether oxygens (including phenoxy) is 1. The second kappa shape index (κ2) is 5.89. The molecule has 1 rings (SSSR count). The summed E-state index contributed by atoms with van der Waals surface area (Å²) in [6, 6.07) is 7.14. The summed E-state index contributed by atoms with van der Waals surface area (Å²) in [5.74, 6) is -0.763. The molecule has 0 aromatic heterocycles. The van der Waals surface area contributed by atoms with Gasteiger partial charge in [-0.1, -0.05) is 6.07 Å². The van der Waals surface area contributed by atoms with Crippen LogP contribution in [0.15, 0.2) is 24.3 Å². The van der Waals surface area contributed by atoms with Crippen molar-refractivity contribution in [3.63, 3.8) is 0 Å². The Kier molecular flexibility index (Phi) is 4.51. The van der Waals surface area contributed by atoms with Gasteiger partial charge in [0.05, 0.1) is 7.11 Å². The molecule has 0 aliphatic carbocycles. The molecule has 0 spiro atoms. The van der Waals surface area contributed by atoms with Crippen LogP contribution in [-0.2, 0) is 9.53 Å². The standard InChI is InChI=1S/C12H16N2O3/c1-14(2)10-6-4-5-9(7-10)12(16)13-8-11(15)17-3/h4-7H,8H2,1-3H3,(H,13,16). The van der Waals surface area contributed by atoms with Gasteiger partial charge in [-0.05, 0) is 18.2 Å². The van der Waals surface area contributed by atoms with Crippen molar-refractivity contribution in [2.75, 3.05) is 32.6 Å². The summed E-state index contributed by atoms with van der Waals surface area (Å²) in [5.41, 5.74) is 1.44. The van der Waals surface area contributed by atoms with Crippen LogP contribution in [0.4, 0.5) is 5.69 Å². The molecule has 0 saturated heterocycles. The molecule has 0 aliphatic rings. The number of carbonyl (C=O) groups excluding carboxylic acids is 2. The normalized spacial score (nSPS) is 9.59. The van der Waals surface area contributed by atoms with Gasteiger partial charge >= 0.3 is 5.97 Å². The summed E-state index contributed by atoms with van der Waals surface area (Å²) in [6.07, 6.45) is 0. The molecule has 0 heterocycles. The molecule has 0 unspecified atom stereocenters. The van der Waals surface area contributed by atoms with E-state index < -0.39 is 5.97 Å². The first kappa shape index (κ1) is 13.0. The summed E-state index contributed by atoms with van der Waals surface area (Å²) in [5, 5.41) is 2.48. The zero-order chi connectivity index (χ0) is 12.8. The van der Waals surface area contributed by atoms with Gasteiger partial charge in [0.2, 0.25) is 0 Å². The maximum atomic E-state index is 11.7. The van der Waals surface area contributed by atoms with E-state index in [9.17, 15) is 9.59 Å². The Morgan fingerprint density at radius 2 is 2.06 bits per heavy atom. The van der Waals surface area contributed by atoms with Crippen LogP contribution < -0.4 is 10.2 Å². The third-order valence-electron chi connectivity index (χ3n) is 2.25. The molecule has 1 aromatic carbocycles. The van der Waals surface area contributed by atoms with Crippen molar-refractivity contribution in [1.29, 1.82) is 0 Å². The topological polar surface area (TPSA) is 58.6 Å². The number of anilines is 1. The van der Waals surface area contributed by atoms with Crippen LogP contribution in [0.5, 0.6) is 0 Å². The highest BCUT2D eigenvalue weighted by molar-refractivity contribution is 5.96. The maximum Gasteiger partial charge on any atom is 0.325 e. The first-order valence-corrected chi connectivity index (χ1v) is 5.17. The third-order valence-corrected chi connectivity index (χ3v) is 2.25. The van der Waals surface area contributed by atoms with E-state index in [1.54, 1.807) is 18.2 Å². The number of nitrogens with one attached hydrogen (secondary N) is 1. The predicted octanol–water partition coefficient (Wildman–Crippen LogP) is 0.655. The highest BCUT2D eigenvalue weighted by Gasteiger charge is 2.08. The van der Waals surface area contributed by atoms with E-state index in [0.29, 0.717) is 5.56 Å². The van der Waals surface area contributed by atoms with Gasteiger partial charge in [0, 0.05) is 25.3 Å². The van der Waals surface area contributed by atoms with Crippen LogP contribution in [0, 0.1) is 0 Å². The Bertz CT molecular complexity index is 416. The van der Waals surface area contributed by atoms with Crippen molar-refractivity contribution in [2.24, 2.45) is 0 Å². The fraction of sp³-hybridized carbons (Fsp3) is 0.333. The molecular weight excluding hydrogens is 220 g/mol. The number of carbonyl (C=O) groups is 2. The van der Waals surface area contributed by atoms with Crippen molar-refractivity contribution in [3.8, 4) is 0 Å². The minimum absolute atomic E-state index is 0.123. The van der Waals surface area contributed by atoms with Crippen molar-refractivity contribution in [2.45, 2.75) is 0 Å². The molecule has 5 heteroatoms. The van der Waals surface area contributed by atoms with Gasteiger partial charge in [0.1, 0.15) is 6.54 Å². The number of nitrogens with zero attached hydrogens (tertiary/aromatic N) is 1. The van der Waals surface area contributed by atoms with E-state index in [2.05, 4.69) is 10.1 Å². The van der Waals surface area contributed by atoms with Gasteiger partial charge in [0.15, 0.2) is 0 Å². The lowest BCUT2D eigenvalue weighted by molar-refractivity contribution is -0.139. The maximum absolute atomic E-state index is 11.7. The SMILES string of the molecule is COC(=O)CNC(=O)c1cccc(N(C)C)c1. The third kappa shape index (κ3) is 3.79. The Hall–Kier alpha value is -2.04.